The van der Waals surface area contributed by atoms with Crippen LogP contribution in [-0.2, 0) is 21.4 Å². The van der Waals surface area contributed by atoms with E-state index in [0.29, 0.717) is 11.5 Å². The zero-order chi connectivity index (χ0) is 35.7. The van der Waals surface area contributed by atoms with Crippen LogP contribution in [0.5, 0.6) is 5.75 Å². The van der Waals surface area contributed by atoms with E-state index >= 15 is 0 Å². The van der Waals surface area contributed by atoms with E-state index in [9.17, 15) is 19.5 Å². The second-order valence-electron chi connectivity index (χ2n) is 15.0. The second kappa shape index (κ2) is 12.0. The molecule has 0 fully saturated rings. The van der Waals surface area contributed by atoms with Crippen LogP contribution in [0.4, 0.5) is 5.69 Å². The van der Waals surface area contributed by atoms with Crippen molar-refractivity contribution in [3.05, 3.63) is 82.8 Å². The van der Waals surface area contributed by atoms with Gasteiger partial charge in [-0.2, -0.15) is 0 Å². The van der Waals surface area contributed by atoms with Crippen molar-refractivity contribution >= 4 is 23.4 Å². The number of aromatic nitrogens is 2. The van der Waals surface area contributed by atoms with Crippen LogP contribution < -0.4 is 26.0 Å². The maximum Gasteiger partial charge on any atom is 0.273 e. The third kappa shape index (κ3) is 5.49. The van der Waals surface area contributed by atoms with Crippen LogP contribution in [0.2, 0.25) is 0 Å². The predicted octanol–water partition coefficient (Wildman–Crippen LogP) is 4.21. The third-order valence-electron chi connectivity index (χ3n) is 9.38. The van der Waals surface area contributed by atoms with Gasteiger partial charge in [-0.1, -0.05) is 58.0 Å². The summed E-state index contributed by atoms with van der Waals surface area (Å²) in [6.45, 7) is 12.9. The largest absolute Gasteiger partial charge is 0.469 e. The fourth-order valence-electron chi connectivity index (χ4n) is 6.90. The number of ether oxygens (including phenoxy) is 1. The summed E-state index contributed by atoms with van der Waals surface area (Å²) >= 11 is 0. The number of amides is 3. The Bertz CT molecular complexity index is 1990. The Hall–Kier alpha value is -5.17. The van der Waals surface area contributed by atoms with Gasteiger partial charge in [0.25, 0.3) is 5.91 Å². The smallest absolute Gasteiger partial charge is 0.273 e. The molecule has 3 amide bonds. The topological polar surface area (TPSA) is 181 Å². The molecule has 2 aromatic carbocycles. The summed E-state index contributed by atoms with van der Waals surface area (Å²) in [4.78, 5) is 49.8. The van der Waals surface area contributed by atoms with Crippen LogP contribution in [0.1, 0.15) is 93.3 Å². The highest BCUT2D eigenvalue weighted by atomic mass is 16.5. The minimum Gasteiger partial charge on any atom is -0.469 e. The lowest BCUT2D eigenvalue weighted by molar-refractivity contribution is -0.135. The van der Waals surface area contributed by atoms with Crippen molar-refractivity contribution in [1.29, 1.82) is 0 Å². The molecular weight excluding hydrogens is 640 g/mol. The minimum atomic E-state index is -1.29. The van der Waals surface area contributed by atoms with Crippen LogP contribution in [0, 0.1) is 11.8 Å². The number of aliphatic hydroxyl groups is 1. The second-order valence-corrected chi connectivity index (χ2v) is 15.0. The molecule has 2 aromatic heterocycles. The summed E-state index contributed by atoms with van der Waals surface area (Å²) in [5.74, 6) is -0.859. The van der Waals surface area contributed by atoms with Crippen molar-refractivity contribution in [2.45, 2.75) is 90.3 Å². The Kier molecular flexibility index (Phi) is 8.00. The van der Waals surface area contributed by atoms with Crippen LogP contribution in [-0.4, -0.2) is 56.7 Å². The standard InChI is InChI=1S/C37H42N6O7/c1-17(2)26-34-42-27(33-39-24(16-48-33)31(46)43-36(5,6)7)29(50-34)37-20-10-8-9-11-22(20)40-35(37)49-25-13-12-19(14-21(25)37)15-23(30(45)41-26)38-32(47)28(44)18(3)4/h8-14,16-18,23,26,28,35,40,44H,15H2,1-7H3,(H,38,47)(H,41,45)(H,43,46)/t23-,26-,28-,35?,37-/m0/s1. The molecule has 50 heavy (non-hydrogen) atoms. The fourth-order valence-corrected chi connectivity index (χ4v) is 6.90. The molecule has 1 spiro atoms. The average molecular weight is 683 g/mol. The minimum absolute atomic E-state index is 0.0627. The van der Waals surface area contributed by atoms with E-state index in [1.54, 1.807) is 13.8 Å². The highest BCUT2D eigenvalue weighted by Gasteiger charge is 2.61. The molecule has 7 rings (SSSR count). The number of para-hydroxylation sites is 1. The Morgan fingerprint density at radius 1 is 1.04 bits per heavy atom. The van der Waals surface area contributed by atoms with Crippen molar-refractivity contribution in [3.63, 3.8) is 0 Å². The van der Waals surface area contributed by atoms with Crippen molar-refractivity contribution in [2.24, 2.45) is 11.8 Å². The van der Waals surface area contributed by atoms with E-state index in [0.717, 1.165) is 22.4 Å². The van der Waals surface area contributed by atoms with Crippen LogP contribution >= 0.6 is 0 Å². The number of hydrogen-bond acceptors (Lipinski definition) is 10. The zero-order valence-electron chi connectivity index (χ0n) is 29.1. The van der Waals surface area contributed by atoms with Gasteiger partial charge in [-0.05, 0) is 55.9 Å². The Morgan fingerprint density at radius 2 is 1.80 bits per heavy atom. The van der Waals surface area contributed by atoms with Gasteiger partial charge in [-0.25, -0.2) is 9.97 Å². The fraction of sp³-hybridized carbons (Fsp3) is 0.432. The molecule has 13 nitrogen and oxygen atoms in total. The molecule has 4 bridgehead atoms. The summed E-state index contributed by atoms with van der Waals surface area (Å²) in [6.07, 6.45) is -0.524. The highest BCUT2D eigenvalue weighted by Crippen LogP contribution is 2.59. The maximum atomic E-state index is 14.0. The lowest BCUT2D eigenvalue weighted by Gasteiger charge is -2.29. The molecule has 0 saturated heterocycles. The predicted molar refractivity (Wildman–Crippen MR) is 182 cm³/mol. The van der Waals surface area contributed by atoms with Crippen LogP contribution in [0.3, 0.4) is 0 Å². The molecule has 4 aromatic rings. The van der Waals surface area contributed by atoms with Crippen LogP contribution in [0.15, 0.2) is 57.6 Å². The summed E-state index contributed by atoms with van der Waals surface area (Å²) in [5, 5.41) is 22.8. The van der Waals surface area contributed by atoms with Gasteiger partial charge in [0.2, 0.25) is 23.6 Å². The number of carbonyl (C=O) groups excluding carboxylic acids is 3. The van der Waals surface area contributed by atoms with Crippen molar-refractivity contribution in [2.75, 3.05) is 5.32 Å². The number of aliphatic hydroxyl groups excluding tert-OH is 1. The normalized spacial score (nSPS) is 22.8. The van der Waals surface area contributed by atoms with Gasteiger partial charge in [0.05, 0.1) is 0 Å². The number of fused-ring (bicyclic) bond motifs is 4. The van der Waals surface area contributed by atoms with Gasteiger partial charge >= 0.3 is 0 Å². The summed E-state index contributed by atoms with van der Waals surface area (Å²) < 4.78 is 19.4. The number of benzene rings is 2. The Morgan fingerprint density at radius 3 is 2.52 bits per heavy atom. The van der Waals surface area contributed by atoms with Gasteiger partial charge in [-0.15, -0.1) is 0 Å². The summed E-state index contributed by atoms with van der Waals surface area (Å²) in [5.41, 5.74) is 1.94. The van der Waals surface area contributed by atoms with E-state index in [2.05, 4.69) is 26.3 Å². The van der Waals surface area contributed by atoms with Crippen molar-refractivity contribution in [3.8, 4) is 17.3 Å². The summed E-state index contributed by atoms with van der Waals surface area (Å²) in [6, 6.07) is 11.7. The molecule has 1 unspecified atom stereocenters. The first-order chi connectivity index (χ1) is 23.7. The number of rotatable bonds is 6. The molecular formula is C37H42N6O7. The Labute approximate surface area is 289 Å². The van der Waals surface area contributed by atoms with Crippen molar-refractivity contribution in [1.82, 2.24) is 25.9 Å². The monoisotopic (exact) mass is 682 g/mol. The lowest BCUT2D eigenvalue weighted by atomic mass is 9.72. The van der Waals surface area contributed by atoms with Gasteiger partial charge in [-0.3, -0.25) is 14.4 Å². The molecule has 0 radical (unpaired) electrons. The SMILES string of the molecule is CC(C)[C@H](O)C(=O)N[C@H]1Cc2ccc3c(c2)[C@@]2(c4ccccc4NC2O3)c2oc(nc2-c2nc(C(=O)NC(C)(C)C)co2)[C@H](C(C)C)NC1=O. The first-order valence-electron chi connectivity index (χ1n) is 16.9. The molecule has 3 aliphatic heterocycles. The molecule has 5 heterocycles. The van der Waals surface area contributed by atoms with Gasteiger partial charge in [0.1, 0.15) is 35.6 Å². The number of nitrogens with zero attached hydrogens (tertiary/aromatic N) is 2. The number of hydrogen-bond donors (Lipinski definition) is 5. The highest BCUT2D eigenvalue weighted by molar-refractivity contribution is 5.93. The molecule has 5 atom stereocenters. The van der Waals surface area contributed by atoms with Crippen molar-refractivity contribution < 1.29 is 33.1 Å². The van der Waals surface area contributed by atoms with Crippen LogP contribution in [0.25, 0.3) is 11.6 Å². The number of anilines is 1. The first-order valence-corrected chi connectivity index (χ1v) is 16.9. The first kappa shape index (κ1) is 33.3. The molecule has 0 saturated carbocycles. The van der Waals surface area contributed by atoms with Gasteiger partial charge < -0.3 is 39.9 Å². The van der Waals surface area contributed by atoms with E-state index in [1.807, 2.05) is 77.1 Å². The third-order valence-corrected chi connectivity index (χ3v) is 9.38. The van der Waals surface area contributed by atoms with E-state index < -0.39 is 53.1 Å². The summed E-state index contributed by atoms with van der Waals surface area (Å²) in [7, 11) is 0. The Balaban J connectivity index is 1.45. The zero-order valence-corrected chi connectivity index (χ0v) is 29.1. The molecule has 0 aliphatic carbocycles. The van der Waals surface area contributed by atoms with Gasteiger partial charge in [0, 0.05) is 23.2 Å². The quantitative estimate of drug-likeness (QED) is 0.198. The van der Waals surface area contributed by atoms with E-state index in [1.165, 1.54) is 6.26 Å². The molecule has 3 aliphatic rings. The van der Waals surface area contributed by atoms with Gasteiger partial charge in [0.15, 0.2) is 23.4 Å². The lowest BCUT2D eigenvalue weighted by Crippen LogP contribution is -2.52. The maximum absolute atomic E-state index is 14.0. The number of carbonyl (C=O) groups is 3. The molecule has 262 valence electrons. The molecule has 5 N–H and O–H groups in total. The van der Waals surface area contributed by atoms with E-state index in [4.69, 9.17) is 18.6 Å². The van der Waals surface area contributed by atoms with E-state index in [-0.39, 0.29) is 41.4 Å². The number of oxazole rings is 2. The number of nitrogens with one attached hydrogen (secondary N) is 4. The average Bonchev–Trinajstić information content (AvgIpc) is 3.82. The molecule has 13 heteroatoms.